The Morgan fingerprint density at radius 2 is 1.85 bits per heavy atom. The van der Waals surface area contributed by atoms with Crippen molar-refractivity contribution in [1.82, 2.24) is 29.7 Å². The van der Waals surface area contributed by atoms with Gasteiger partial charge in [0.1, 0.15) is 5.82 Å². The molecule has 9 heteroatoms. The smallest absolute Gasteiger partial charge is 0.231 e. The molecule has 0 spiro atoms. The molecule has 3 rings (SSSR count). The quantitative estimate of drug-likeness (QED) is 0.880. The third-order valence-electron chi connectivity index (χ3n) is 3.24. The molecular formula is C11H16N8S. The lowest BCUT2D eigenvalue weighted by Gasteiger charge is -2.15. The summed E-state index contributed by atoms with van der Waals surface area (Å²) in [6.07, 6.45) is 2.33. The predicted octanol–water partition coefficient (Wildman–Crippen LogP) is 0.642. The number of aromatic nitrogens is 6. The largest absolute Gasteiger partial charge is 0.368 e. The number of nitrogens with two attached hydrogens (primary N) is 1. The molecule has 0 atom stereocenters. The van der Waals surface area contributed by atoms with Gasteiger partial charge in [0.2, 0.25) is 17.1 Å². The summed E-state index contributed by atoms with van der Waals surface area (Å²) in [6.45, 7) is 3.84. The van der Waals surface area contributed by atoms with Crippen molar-refractivity contribution >= 4 is 23.7 Å². The van der Waals surface area contributed by atoms with Gasteiger partial charge in [-0.1, -0.05) is 0 Å². The molecule has 20 heavy (non-hydrogen) atoms. The fraction of sp³-hybridized carbons (Fsp3) is 0.545. The number of rotatable bonds is 3. The van der Waals surface area contributed by atoms with Crippen LogP contribution in [-0.4, -0.2) is 42.8 Å². The van der Waals surface area contributed by atoms with Crippen LogP contribution in [0.1, 0.15) is 18.7 Å². The van der Waals surface area contributed by atoms with E-state index in [1.54, 1.807) is 0 Å². The van der Waals surface area contributed by atoms with E-state index in [1.807, 2.05) is 18.5 Å². The van der Waals surface area contributed by atoms with Crippen LogP contribution in [0.5, 0.6) is 0 Å². The molecular weight excluding hydrogens is 276 g/mol. The topological polar surface area (TPSA) is 98.6 Å². The Morgan fingerprint density at radius 3 is 2.50 bits per heavy atom. The van der Waals surface area contributed by atoms with E-state index in [2.05, 4.69) is 30.0 Å². The van der Waals surface area contributed by atoms with E-state index < -0.39 is 0 Å². The van der Waals surface area contributed by atoms with E-state index in [9.17, 15) is 0 Å². The summed E-state index contributed by atoms with van der Waals surface area (Å²) in [7, 11) is 1.91. The van der Waals surface area contributed by atoms with Crippen LogP contribution in [0.3, 0.4) is 0 Å². The Hall–Kier alpha value is -1.90. The van der Waals surface area contributed by atoms with Gasteiger partial charge in [-0.2, -0.15) is 15.0 Å². The third kappa shape index (κ3) is 2.53. The molecule has 0 amide bonds. The van der Waals surface area contributed by atoms with Crippen molar-refractivity contribution < 1.29 is 0 Å². The Bertz CT molecular complexity index is 619. The van der Waals surface area contributed by atoms with E-state index in [0.29, 0.717) is 11.1 Å². The highest BCUT2D eigenvalue weighted by Crippen LogP contribution is 2.25. The molecule has 2 aromatic rings. The first kappa shape index (κ1) is 13.1. The van der Waals surface area contributed by atoms with Crippen LogP contribution in [0.15, 0.2) is 10.3 Å². The van der Waals surface area contributed by atoms with Gasteiger partial charge in [0.15, 0.2) is 5.16 Å². The molecule has 1 aliphatic rings. The zero-order valence-corrected chi connectivity index (χ0v) is 12.3. The highest BCUT2D eigenvalue weighted by Gasteiger charge is 2.18. The second-order valence-electron chi connectivity index (χ2n) is 4.66. The highest BCUT2D eigenvalue weighted by molar-refractivity contribution is 7.99. The predicted molar refractivity (Wildman–Crippen MR) is 75.5 cm³/mol. The standard InChI is InChI=1S/C11H16N8S/c1-7-16-17-11(18(7)2)20-10-14-8(12)13-9(15-10)19-5-3-4-6-19/h3-6H2,1-2H3,(H2,12,13,14,15). The monoisotopic (exact) mass is 292 g/mol. The SMILES string of the molecule is Cc1nnc(Sc2nc(N)nc(N3CCCC3)n2)n1C. The zero-order chi connectivity index (χ0) is 14.1. The molecule has 2 N–H and O–H groups in total. The van der Waals surface area contributed by atoms with Crippen LogP contribution < -0.4 is 10.6 Å². The lowest BCUT2D eigenvalue weighted by molar-refractivity contribution is 0.759. The maximum Gasteiger partial charge on any atom is 0.231 e. The normalized spacial score (nSPS) is 15.0. The van der Waals surface area contributed by atoms with Gasteiger partial charge >= 0.3 is 0 Å². The fourth-order valence-corrected chi connectivity index (χ4v) is 2.80. The molecule has 1 fully saturated rings. The van der Waals surface area contributed by atoms with Gasteiger partial charge in [0, 0.05) is 20.1 Å². The van der Waals surface area contributed by atoms with Crippen molar-refractivity contribution in [2.45, 2.75) is 30.1 Å². The highest BCUT2D eigenvalue weighted by atomic mass is 32.2. The van der Waals surface area contributed by atoms with E-state index in [4.69, 9.17) is 5.73 Å². The van der Waals surface area contributed by atoms with Crippen molar-refractivity contribution in [3.8, 4) is 0 Å². The minimum atomic E-state index is 0.239. The lowest BCUT2D eigenvalue weighted by Crippen LogP contribution is -2.21. The van der Waals surface area contributed by atoms with Crippen molar-refractivity contribution in [1.29, 1.82) is 0 Å². The molecule has 0 aliphatic carbocycles. The van der Waals surface area contributed by atoms with Crippen LogP contribution in [0.25, 0.3) is 0 Å². The maximum absolute atomic E-state index is 5.78. The van der Waals surface area contributed by atoms with Crippen LogP contribution in [0, 0.1) is 6.92 Å². The second kappa shape index (κ2) is 5.23. The molecule has 0 aromatic carbocycles. The zero-order valence-electron chi connectivity index (χ0n) is 11.4. The van der Waals surface area contributed by atoms with E-state index in [0.717, 1.165) is 36.9 Å². The molecule has 2 aromatic heterocycles. The molecule has 0 bridgehead atoms. The minimum Gasteiger partial charge on any atom is -0.368 e. The maximum atomic E-state index is 5.78. The van der Waals surface area contributed by atoms with Crippen molar-refractivity contribution in [2.24, 2.45) is 7.05 Å². The number of hydrogen-bond donors (Lipinski definition) is 1. The molecule has 1 aliphatic heterocycles. The van der Waals surface area contributed by atoms with Crippen LogP contribution in [0.2, 0.25) is 0 Å². The first-order chi connectivity index (χ1) is 9.63. The van der Waals surface area contributed by atoms with Crippen molar-refractivity contribution in [3.05, 3.63) is 5.82 Å². The Kier molecular flexibility index (Phi) is 3.43. The average Bonchev–Trinajstić information content (AvgIpc) is 3.04. The average molecular weight is 292 g/mol. The number of hydrogen-bond acceptors (Lipinski definition) is 8. The van der Waals surface area contributed by atoms with Gasteiger partial charge < -0.3 is 15.2 Å². The van der Waals surface area contributed by atoms with E-state index in [-0.39, 0.29) is 5.95 Å². The van der Waals surface area contributed by atoms with Crippen LogP contribution >= 0.6 is 11.8 Å². The molecule has 0 unspecified atom stereocenters. The number of nitrogen functional groups attached to an aromatic ring is 1. The Labute approximate surface area is 120 Å². The number of aryl methyl sites for hydroxylation is 1. The summed E-state index contributed by atoms with van der Waals surface area (Å²) >= 11 is 1.34. The van der Waals surface area contributed by atoms with Gasteiger partial charge in [-0.05, 0) is 31.5 Å². The third-order valence-corrected chi connectivity index (χ3v) is 4.15. The summed E-state index contributed by atoms with van der Waals surface area (Å²) in [5.41, 5.74) is 5.78. The summed E-state index contributed by atoms with van der Waals surface area (Å²) in [4.78, 5) is 15.0. The van der Waals surface area contributed by atoms with Gasteiger partial charge in [-0.3, -0.25) is 0 Å². The van der Waals surface area contributed by atoms with E-state index >= 15 is 0 Å². The number of anilines is 2. The summed E-state index contributed by atoms with van der Waals surface area (Å²) in [6, 6.07) is 0. The second-order valence-corrected chi connectivity index (χ2v) is 5.60. The minimum absolute atomic E-state index is 0.239. The molecule has 0 saturated carbocycles. The Balaban J connectivity index is 1.87. The first-order valence-corrected chi connectivity index (χ1v) is 7.25. The lowest BCUT2D eigenvalue weighted by atomic mass is 10.4. The number of nitrogens with zero attached hydrogens (tertiary/aromatic N) is 7. The summed E-state index contributed by atoms with van der Waals surface area (Å²) in [5, 5.41) is 9.39. The summed E-state index contributed by atoms with van der Waals surface area (Å²) < 4.78 is 1.89. The Morgan fingerprint density at radius 1 is 1.10 bits per heavy atom. The van der Waals surface area contributed by atoms with Gasteiger partial charge in [0.05, 0.1) is 0 Å². The molecule has 0 radical (unpaired) electrons. The molecule has 106 valence electrons. The molecule has 8 nitrogen and oxygen atoms in total. The van der Waals surface area contributed by atoms with Crippen molar-refractivity contribution in [3.63, 3.8) is 0 Å². The van der Waals surface area contributed by atoms with Crippen molar-refractivity contribution in [2.75, 3.05) is 23.7 Å². The van der Waals surface area contributed by atoms with Gasteiger partial charge in [-0.25, -0.2) is 0 Å². The van der Waals surface area contributed by atoms with E-state index in [1.165, 1.54) is 11.8 Å². The van der Waals surface area contributed by atoms with Gasteiger partial charge in [0.25, 0.3) is 0 Å². The molecule has 1 saturated heterocycles. The molecule has 3 heterocycles. The van der Waals surface area contributed by atoms with Crippen LogP contribution in [0.4, 0.5) is 11.9 Å². The summed E-state index contributed by atoms with van der Waals surface area (Å²) in [5.74, 6) is 1.73. The van der Waals surface area contributed by atoms with Gasteiger partial charge in [-0.15, -0.1) is 10.2 Å². The fourth-order valence-electron chi connectivity index (χ4n) is 2.02. The first-order valence-electron chi connectivity index (χ1n) is 6.44. The van der Waals surface area contributed by atoms with Crippen LogP contribution in [-0.2, 0) is 7.05 Å².